The van der Waals surface area contributed by atoms with E-state index in [1.807, 2.05) is 43.4 Å². The predicted molar refractivity (Wildman–Crippen MR) is 85.2 cm³/mol. The van der Waals surface area contributed by atoms with E-state index in [-0.39, 0.29) is 5.54 Å². The van der Waals surface area contributed by atoms with Crippen molar-refractivity contribution in [2.45, 2.75) is 26.3 Å². The molecule has 1 fully saturated rings. The highest BCUT2D eigenvalue weighted by atomic mass is 15.6. The third kappa shape index (κ3) is 2.99. The zero-order valence-corrected chi connectivity index (χ0v) is 12.9. The van der Waals surface area contributed by atoms with Crippen LogP contribution in [0.25, 0.3) is 0 Å². The van der Waals surface area contributed by atoms with Crippen molar-refractivity contribution in [1.29, 1.82) is 5.41 Å². The Kier molecular flexibility index (Phi) is 3.81. The van der Waals surface area contributed by atoms with Crippen LogP contribution in [0.4, 0.5) is 11.4 Å². The number of rotatable bonds is 2. The van der Waals surface area contributed by atoms with Crippen molar-refractivity contribution in [3.63, 3.8) is 0 Å². The molecule has 1 aromatic rings. The topological polar surface area (TPSA) is 54.7 Å². The fraction of sp³-hybridized carbons (Fsp3) is 0.467. The summed E-state index contributed by atoms with van der Waals surface area (Å²) in [5.74, 6) is 0.453. The monoisotopic (exact) mass is 273 g/mol. The van der Waals surface area contributed by atoms with Crippen molar-refractivity contribution in [3.8, 4) is 0 Å². The molecular formula is C15H23N5. The third-order valence-electron chi connectivity index (χ3n) is 3.20. The third-order valence-corrected chi connectivity index (χ3v) is 3.20. The van der Waals surface area contributed by atoms with Gasteiger partial charge in [0.1, 0.15) is 0 Å². The zero-order valence-electron chi connectivity index (χ0n) is 12.9. The molecule has 0 amide bonds. The molecule has 0 atom stereocenters. The molecule has 0 saturated carbocycles. The first-order valence-electron chi connectivity index (χ1n) is 6.76. The Labute approximate surface area is 120 Å². The van der Waals surface area contributed by atoms with Crippen molar-refractivity contribution >= 4 is 22.9 Å². The van der Waals surface area contributed by atoms with Gasteiger partial charge in [-0.1, -0.05) is 0 Å². The SMILES string of the molecule is CN(C)c1ccc(N=C2CNN(C(C)(C)C)C2=N)cc1. The smallest absolute Gasteiger partial charge is 0.159 e. The van der Waals surface area contributed by atoms with E-state index in [4.69, 9.17) is 5.41 Å². The number of benzene rings is 1. The van der Waals surface area contributed by atoms with Gasteiger partial charge >= 0.3 is 0 Å². The molecule has 0 unspecified atom stereocenters. The Bertz CT molecular complexity index is 522. The van der Waals surface area contributed by atoms with Gasteiger partial charge in [-0.3, -0.25) is 10.4 Å². The van der Waals surface area contributed by atoms with E-state index in [1.165, 1.54) is 0 Å². The van der Waals surface area contributed by atoms with Crippen molar-refractivity contribution in [2.24, 2.45) is 4.99 Å². The second kappa shape index (κ2) is 5.25. The maximum atomic E-state index is 8.20. The average Bonchev–Trinajstić information content (AvgIpc) is 2.71. The number of hydrazine groups is 1. The van der Waals surface area contributed by atoms with Crippen molar-refractivity contribution in [1.82, 2.24) is 10.4 Å². The van der Waals surface area contributed by atoms with E-state index in [2.05, 4.69) is 36.1 Å². The highest BCUT2D eigenvalue weighted by Gasteiger charge is 2.32. The van der Waals surface area contributed by atoms with Gasteiger partial charge in [0.05, 0.1) is 17.9 Å². The summed E-state index contributed by atoms with van der Waals surface area (Å²) in [4.78, 5) is 6.63. The molecule has 0 bridgehead atoms. The molecule has 1 aliphatic rings. The Morgan fingerprint density at radius 2 is 1.80 bits per heavy atom. The summed E-state index contributed by atoms with van der Waals surface area (Å²) < 4.78 is 0. The molecule has 108 valence electrons. The van der Waals surface area contributed by atoms with Crippen LogP contribution >= 0.6 is 0 Å². The molecule has 5 nitrogen and oxygen atoms in total. The van der Waals surface area contributed by atoms with Gasteiger partial charge in [-0.05, 0) is 45.0 Å². The lowest BCUT2D eigenvalue weighted by atomic mass is 10.1. The second-order valence-electron chi connectivity index (χ2n) is 6.16. The van der Waals surface area contributed by atoms with Crippen LogP contribution in [0.3, 0.4) is 0 Å². The first-order chi connectivity index (χ1) is 9.29. The van der Waals surface area contributed by atoms with E-state index >= 15 is 0 Å². The highest BCUT2D eigenvalue weighted by Crippen LogP contribution is 2.20. The molecule has 5 heteroatoms. The summed E-state index contributed by atoms with van der Waals surface area (Å²) in [5, 5.41) is 10.1. The van der Waals surface area contributed by atoms with Crippen LogP contribution in [0.1, 0.15) is 20.8 Å². The highest BCUT2D eigenvalue weighted by molar-refractivity contribution is 6.42. The van der Waals surface area contributed by atoms with E-state index in [1.54, 1.807) is 0 Å². The van der Waals surface area contributed by atoms with E-state index in [9.17, 15) is 0 Å². The fourth-order valence-electron chi connectivity index (χ4n) is 2.09. The molecule has 0 spiro atoms. The van der Waals surface area contributed by atoms with Crippen molar-refractivity contribution in [2.75, 3.05) is 25.5 Å². The van der Waals surface area contributed by atoms with Crippen molar-refractivity contribution in [3.05, 3.63) is 24.3 Å². The van der Waals surface area contributed by atoms with Crippen LogP contribution in [0, 0.1) is 5.41 Å². The first kappa shape index (κ1) is 14.5. The molecule has 2 rings (SSSR count). The molecule has 1 heterocycles. The predicted octanol–water partition coefficient (Wildman–Crippen LogP) is 2.42. The number of amidine groups is 1. The maximum absolute atomic E-state index is 8.20. The van der Waals surface area contributed by atoms with Gasteiger partial charge in [-0.25, -0.2) is 10.4 Å². The summed E-state index contributed by atoms with van der Waals surface area (Å²) in [7, 11) is 4.03. The minimum absolute atomic E-state index is 0.122. The summed E-state index contributed by atoms with van der Waals surface area (Å²) in [6, 6.07) is 8.03. The van der Waals surface area contributed by atoms with Crippen LogP contribution in [0.5, 0.6) is 0 Å². The molecule has 20 heavy (non-hydrogen) atoms. The summed E-state index contributed by atoms with van der Waals surface area (Å²) >= 11 is 0. The molecule has 0 aliphatic carbocycles. The molecule has 0 aromatic heterocycles. The van der Waals surface area contributed by atoms with E-state index in [0.29, 0.717) is 12.4 Å². The van der Waals surface area contributed by atoms with Gasteiger partial charge in [-0.2, -0.15) is 0 Å². The van der Waals surface area contributed by atoms with E-state index in [0.717, 1.165) is 17.1 Å². The van der Waals surface area contributed by atoms with Gasteiger partial charge in [0.2, 0.25) is 0 Å². The lowest BCUT2D eigenvalue weighted by molar-refractivity contribution is 0.189. The largest absolute Gasteiger partial charge is 0.378 e. The van der Waals surface area contributed by atoms with Crippen molar-refractivity contribution < 1.29 is 0 Å². The normalized spacial score (nSPS) is 17.9. The number of aliphatic imine (C=N–C) groups is 1. The minimum atomic E-state index is -0.122. The number of hydrogen-bond acceptors (Lipinski definition) is 4. The van der Waals surface area contributed by atoms with Gasteiger partial charge in [-0.15, -0.1) is 0 Å². The minimum Gasteiger partial charge on any atom is -0.378 e. The number of anilines is 1. The van der Waals surface area contributed by atoms with Crippen LogP contribution in [0.2, 0.25) is 0 Å². The quantitative estimate of drug-likeness (QED) is 0.870. The Morgan fingerprint density at radius 3 is 2.25 bits per heavy atom. The molecule has 0 radical (unpaired) electrons. The van der Waals surface area contributed by atoms with Crippen LogP contribution in [-0.4, -0.2) is 42.7 Å². The lowest BCUT2D eigenvalue weighted by Crippen LogP contribution is -2.48. The van der Waals surface area contributed by atoms with Gasteiger partial charge in [0.15, 0.2) is 5.84 Å². The van der Waals surface area contributed by atoms with Crippen LogP contribution in [0.15, 0.2) is 29.3 Å². The zero-order chi connectivity index (χ0) is 14.9. The first-order valence-corrected chi connectivity index (χ1v) is 6.76. The van der Waals surface area contributed by atoms with Gasteiger partial charge in [0.25, 0.3) is 0 Å². The summed E-state index contributed by atoms with van der Waals surface area (Å²) in [6.07, 6.45) is 0. The van der Waals surface area contributed by atoms with Crippen LogP contribution < -0.4 is 10.3 Å². The lowest BCUT2D eigenvalue weighted by Gasteiger charge is -2.32. The standard InChI is InChI=1S/C15H23N5/c1-15(2,3)20-14(16)13(10-17-20)18-11-6-8-12(9-7-11)19(4)5/h6-9,16-17H,10H2,1-5H3. The number of hydrogen-bond donors (Lipinski definition) is 2. The van der Waals surface area contributed by atoms with Gasteiger partial charge in [0, 0.05) is 25.3 Å². The fourth-order valence-corrected chi connectivity index (χ4v) is 2.09. The number of nitrogens with one attached hydrogen (secondary N) is 2. The van der Waals surface area contributed by atoms with Crippen LogP contribution in [-0.2, 0) is 0 Å². The molecule has 1 aliphatic heterocycles. The summed E-state index contributed by atoms with van der Waals surface area (Å²) in [6.45, 7) is 6.82. The Morgan fingerprint density at radius 1 is 1.20 bits per heavy atom. The molecular weight excluding hydrogens is 250 g/mol. The maximum Gasteiger partial charge on any atom is 0.159 e. The average molecular weight is 273 g/mol. The van der Waals surface area contributed by atoms with E-state index < -0.39 is 0 Å². The summed E-state index contributed by atoms with van der Waals surface area (Å²) in [5.41, 5.74) is 5.90. The Balaban J connectivity index is 2.18. The molecule has 1 saturated heterocycles. The second-order valence-corrected chi connectivity index (χ2v) is 6.16. The number of nitrogens with zero attached hydrogens (tertiary/aromatic N) is 3. The molecule has 1 aromatic carbocycles. The van der Waals surface area contributed by atoms with Gasteiger partial charge < -0.3 is 4.90 Å². The molecule has 2 N–H and O–H groups in total. The Hall–Kier alpha value is -1.88.